The van der Waals surface area contributed by atoms with E-state index in [-0.39, 0.29) is 5.82 Å². The fourth-order valence-corrected chi connectivity index (χ4v) is 2.89. The first-order valence-electron chi connectivity index (χ1n) is 7.22. The van der Waals surface area contributed by atoms with Crippen LogP contribution in [0.3, 0.4) is 0 Å². The van der Waals surface area contributed by atoms with Crippen LogP contribution in [0, 0.1) is 12.7 Å². The van der Waals surface area contributed by atoms with Gasteiger partial charge in [0.15, 0.2) is 5.82 Å². The van der Waals surface area contributed by atoms with Gasteiger partial charge in [0.05, 0.1) is 11.7 Å². The van der Waals surface area contributed by atoms with Gasteiger partial charge in [-0.05, 0) is 41.8 Å². The number of rotatable bonds is 2. The van der Waals surface area contributed by atoms with Gasteiger partial charge < -0.3 is 0 Å². The van der Waals surface area contributed by atoms with Gasteiger partial charge in [0.2, 0.25) is 0 Å². The Balaban J connectivity index is 2.06. The Kier molecular flexibility index (Phi) is 2.97. The molecule has 0 spiro atoms. The summed E-state index contributed by atoms with van der Waals surface area (Å²) in [6.07, 6.45) is 3.45. The van der Waals surface area contributed by atoms with Gasteiger partial charge in [-0.15, -0.1) is 0 Å². The number of nitrogens with zero attached hydrogens (tertiary/aromatic N) is 4. The first-order valence-corrected chi connectivity index (χ1v) is 7.22. The number of nitrogens with one attached hydrogen (secondary N) is 1. The maximum Gasteiger partial charge on any atom is 0.181 e. The molecule has 0 unspecified atom stereocenters. The highest BCUT2D eigenvalue weighted by atomic mass is 19.1. The molecule has 6 heteroatoms. The van der Waals surface area contributed by atoms with Crippen LogP contribution in [0.1, 0.15) is 5.56 Å². The summed E-state index contributed by atoms with van der Waals surface area (Å²) < 4.78 is 15.0. The van der Waals surface area contributed by atoms with Crippen molar-refractivity contribution in [1.82, 2.24) is 25.0 Å². The minimum absolute atomic E-state index is 0.258. The maximum atomic E-state index is 13.3. The van der Waals surface area contributed by atoms with Gasteiger partial charge in [-0.3, -0.25) is 9.78 Å². The number of H-pyrrole nitrogens is 1. The van der Waals surface area contributed by atoms with Crippen molar-refractivity contribution in [2.45, 2.75) is 6.92 Å². The normalized spacial score (nSPS) is 11.3. The van der Waals surface area contributed by atoms with Crippen LogP contribution >= 0.6 is 0 Å². The molecule has 1 N–H and O–H groups in total. The number of hydrogen-bond donors (Lipinski definition) is 1. The first-order chi connectivity index (χ1) is 11.1. The summed E-state index contributed by atoms with van der Waals surface area (Å²) in [5.41, 5.74) is 4.80. The summed E-state index contributed by atoms with van der Waals surface area (Å²) in [6.45, 7) is 2.02. The van der Waals surface area contributed by atoms with Gasteiger partial charge in [-0.25, -0.2) is 9.37 Å². The Bertz CT molecular complexity index is 998. The molecule has 23 heavy (non-hydrogen) atoms. The van der Waals surface area contributed by atoms with E-state index >= 15 is 0 Å². The third kappa shape index (κ3) is 2.19. The number of hydrogen-bond acceptors (Lipinski definition) is 3. The Morgan fingerprint density at radius 2 is 1.96 bits per heavy atom. The minimum atomic E-state index is -0.258. The fourth-order valence-electron chi connectivity index (χ4n) is 2.89. The van der Waals surface area contributed by atoms with E-state index in [1.807, 2.05) is 20.0 Å². The average molecular weight is 307 g/mol. The van der Waals surface area contributed by atoms with Crippen LogP contribution in [-0.2, 0) is 7.05 Å². The summed E-state index contributed by atoms with van der Waals surface area (Å²) >= 11 is 0. The van der Waals surface area contributed by atoms with Crippen molar-refractivity contribution < 1.29 is 4.39 Å². The van der Waals surface area contributed by atoms with Crippen LogP contribution < -0.4 is 0 Å². The number of aromatic amines is 1. The van der Waals surface area contributed by atoms with E-state index in [1.54, 1.807) is 29.3 Å². The summed E-state index contributed by atoms with van der Waals surface area (Å²) in [5, 5.41) is 12.6. The maximum absolute atomic E-state index is 13.3. The lowest BCUT2D eigenvalue weighted by atomic mass is 9.92. The third-order valence-electron chi connectivity index (χ3n) is 3.96. The van der Waals surface area contributed by atoms with E-state index in [4.69, 9.17) is 0 Å². The van der Waals surface area contributed by atoms with E-state index in [0.717, 1.165) is 33.2 Å². The highest BCUT2D eigenvalue weighted by Crippen LogP contribution is 2.37. The second-order valence-electron chi connectivity index (χ2n) is 5.51. The Morgan fingerprint density at radius 3 is 2.65 bits per heavy atom. The number of aromatic nitrogens is 5. The highest BCUT2D eigenvalue weighted by molar-refractivity contribution is 5.96. The summed E-state index contributed by atoms with van der Waals surface area (Å²) in [4.78, 5) is 4.37. The van der Waals surface area contributed by atoms with Crippen molar-refractivity contribution >= 4 is 10.9 Å². The van der Waals surface area contributed by atoms with Crippen molar-refractivity contribution in [3.8, 4) is 22.5 Å². The molecule has 4 aromatic rings. The third-order valence-corrected chi connectivity index (χ3v) is 3.96. The van der Waals surface area contributed by atoms with Crippen LogP contribution in [0.4, 0.5) is 4.39 Å². The Hall–Kier alpha value is -3.02. The van der Waals surface area contributed by atoms with Gasteiger partial charge in [-0.1, -0.05) is 12.1 Å². The first kappa shape index (κ1) is 13.6. The zero-order valence-corrected chi connectivity index (χ0v) is 12.7. The molecule has 0 radical (unpaired) electrons. The summed E-state index contributed by atoms with van der Waals surface area (Å²) in [5.74, 6) is 0.379. The van der Waals surface area contributed by atoms with Crippen LogP contribution in [0.15, 0.2) is 42.9 Å². The fraction of sp³-hybridized carbons (Fsp3) is 0.118. The zero-order valence-electron chi connectivity index (χ0n) is 12.7. The van der Waals surface area contributed by atoms with Crippen molar-refractivity contribution in [3.63, 3.8) is 0 Å². The SMILES string of the molecule is Cc1c(-c2ccc(F)cc2)c(-c2ncn(C)n2)cc2cn[nH]c12. The molecule has 0 aliphatic heterocycles. The summed E-state index contributed by atoms with van der Waals surface area (Å²) in [7, 11) is 1.83. The molecule has 0 bridgehead atoms. The Labute approximate surface area is 131 Å². The molecule has 0 saturated heterocycles. The predicted molar refractivity (Wildman–Crippen MR) is 86.2 cm³/mol. The molecule has 0 amide bonds. The zero-order chi connectivity index (χ0) is 16.0. The number of fused-ring (bicyclic) bond motifs is 1. The molecule has 0 atom stereocenters. The standard InChI is InChI=1S/C17H14FN5/c1-10-15(11-3-5-13(18)6-4-11)14(17-19-9-23(2)22-17)7-12-8-20-21-16(10)12/h3-9H,1-2H3,(H,20,21). The van der Waals surface area contributed by atoms with Gasteiger partial charge >= 0.3 is 0 Å². The van der Waals surface area contributed by atoms with Crippen LogP contribution in [0.25, 0.3) is 33.4 Å². The Morgan fingerprint density at radius 1 is 1.17 bits per heavy atom. The minimum Gasteiger partial charge on any atom is -0.278 e. The van der Waals surface area contributed by atoms with Crippen LogP contribution in [-0.4, -0.2) is 25.0 Å². The van der Waals surface area contributed by atoms with Gasteiger partial charge in [0, 0.05) is 18.0 Å². The van der Waals surface area contributed by atoms with E-state index < -0.39 is 0 Å². The molecule has 0 fully saturated rings. The smallest absolute Gasteiger partial charge is 0.181 e. The molecule has 0 aliphatic carbocycles. The van der Waals surface area contributed by atoms with Gasteiger partial charge in [0.25, 0.3) is 0 Å². The molecule has 2 aromatic carbocycles. The molecule has 4 rings (SSSR count). The van der Waals surface area contributed by atoms with Crippen molar-refractivity contribution in [3.05, 3.63) is 54.2 Å². The largest absolute Gasteiger partial charge is 0.278 e. The van der Waals surface area contributed by atoms with E-state index in [1.165, 1.54) is 12.1 Å². The lowest BCUT2D eigenvalue weighted by molar-refractivity contribution is 0.628. The second kappa shape index (κ2) is 5.01. The number of benzene rings is 2. The van der Waals surface area contributed by atoms with Crippen LogP contribution in [0.2, 0.25) is 0 Å². The second-order valence-corrected chi connectivity index (χ2v) is 5.51. The number of aryl methyl sites for hydroxylation is 2. The monoisotopic (exact) mass is 307 g/mol. The van der Waals surface area contributed by atoms with Crippen molar-refractivity contribution in [2.24, 2.45) is 7.05 Å². The molecular formula is C17H14FN5. The van der Waals surface area contributed by atoms with E-state index in [9.17, 15) is 4.39 Å². The molecule has 0 aliphatic rings. The molecule has 2 heterocycles. The predicted octanol–water partition coefficient (Wildman–Crippen LogP) is 3.47. The summed E-state index contributed by atoms with van der Waals surface area (Å²) in [6, 6.07) is 8.47. The van der Waals surface area contributed by atoms with E-state index in [0.29, 0.717) is 5.82 Å². The van der Waals surface area contributed by atoms with Gasteiger partial charge in [-0.2, -0.15) is 10.2 Å². The van der Waals surface area contributed by atoms with E-state index in [2.05, 4.69) is 20.3 Å². The quantitative estimate of drug-likeness (QED) is 0.617. The molecule has 0 saturated carbocycles. The molecule has 2 aromatic heterocycles. The van der Waals surface area contributed by atoms with Crippen molar-refractivity contribution in [1.29, 1.82) is 0 Å². The van der Waals surface area contributed by atoms with Gasteiger partial charge in [0.1, 0.15) is 12.1 Å². The molecule has 114 valence electrons. The average Bonchev–Trinajstić information content (AvgIpc) is 3.17. The van der Waals surface area contributed by atoms with Crippen molar-refractivity contribution in [2.75, 3.05) is 0 Å². The molecule has 5 nitrogen and oxygen atoms in total. The topological polar surface area (TPSA) is 59.4 Å². The van der Waals surface area contributed by atoms with Crippen LogP contribution in [0.5, 0.6) is 0 Å². The number of halogens is 1. The lowest BCUT2D eigenvalue weighted by Gasteiger charge is -2.12. The highest BCUT2D eigenvalue weighted by Gasteiger charge is 2.17. The lowest BCUT2D eigenvalue weighted by Crippen LogP contribution is -1.94. The molecular weight excluding hydrogens is 293 g/mol.